The predicted octanol–water partition coefficient (Wildman–Crippen LogP) is 3.07. The van der Waals surface area contributed by atoms with Crippen LogP contribution >= 0.6 is 11.3 Å². The van der Waals surface area contributed by atoms with Crippen molar-refractivity contribution in [3.05, 3.63) is 77.9 Å². The van der Waals surface area contributed by atoms with Crippen molar-refractivity contribution in [1.82, 2.24) is 25.2 Å². The smallest absolute Gasteiger partial charge is 0.250 e. The molecular formula is C20H18N6OS. The maximum Gasteiger partial charge on any atom is 0.250 e. The second-order valence-electron chi connectivity index (χ2n) is 6.17. The number of hydrogen-bond donors (Lipinski definition) is 0. The van der Waals surface area contributed by atoms with Gasteiger partial charge in [-0.3, -0.25) is 9.69 Å². The third-order valence-corrected chi connectivity index (χ3v) is 5.11. The number of amides is 1. The normalized spacial score (nSPS) is 10.7. The molecule has 2 aromatic heterocycles. The summed E-state index contributed by atoms with van der Waals surface area (Å²) in [4.78, 5) is 19.4. The lowest BCUT2D eigenvalue weighted by Crippen LogP contribution is -2.35. The lowest BCUT2D eigenvalue weighted by atomic mass is 10.1. The fourth-order valence-electron chi connectivity index (χ4n) is 2.82. The molecule has 0 aliphatic carbocycles. The van der Waals surface area contributed by atoms with Crippen LogP contribution in [0.3, 0.4) is 0 Å². The quantitative estimate of drug-likeness (QED) is 0.485. The van der Waals surface area contributed by atoms with Crippen LogP contribution in [0.1, 0.15) is 5.56 Å². The van der Waals surface area contributed by atoms with Crippen molar-refractivity contribution in [2.45, 2.75) is 13.0 Å². The number of carbonyl (C=O) groups is 1. The largest absolute Gasteiger partial charge is 0.286 e. The zero-order valence-corrected chi connectivity index (χ0v) is 15.9. The highest BCUT2D eigenvalue weighted by atomic mass is 32.1. The van der Waals surface area contributed by atoms with Gasteiger partial charge in [0.25, 0.3) is 5.91 Å². The molecule has 2 heterocycles. The van der Waals surface area contributed by atoms with Gasteiger partial charge in [0.15, 0.2) is 5.13 Å². The van der Waals surface area contributed by atoms with Crippen LogP contribution in [0.5, 0.6) is 0 Å². The van der Waals surface area contributed by atoms with E-state index >= 15 is 0 Å². The molecule has 0 bridgehead atoms. The third-order valence-electron chi connectivity index (χ3n) is 4.25. The van der Waals surface area contributed by atoms with Gasteiger partial charge in [-0.15, -0.1) is 16.4 Å². The number of aromatic nitrogens is 5. The van der Waals surface area contributed by atoms with E-state index in [-0.39, 0.29) is 12.5 Å². The van der Waals surface area contributed by atoms with Gasteiger partial charge in [0.1, 0.15) is 12.9 Å². The average Bonchev–Trinajstić information content (AvgIpc) is 3.42. The Morgan fingerprint density at radius 3 is 2.50 bits per heavy atom. The first kappa shape index (κ1) is 18.0. The van der Waals surface area contributed by atoms with Gasteiger partial charge in [-0.1, -0.05) is 60.7 Å². The van der Waals surface area contributed by atoms with Crippen molar-refractivity contribution >= 4 is 22.4 Å². The van der Waals surface area contributed by atoms with Crippen molar-refractivity contribution in [2.75, 3.05) is 11.4 Å². The van der Waals surface area contributed by atoms with E-state index in [2.05, 4.69) is 27.7 Å². The van der Waals surface area contributed by atoms with Gasteiger partial charge in [-0.25, -0.2) is 9.67 Å². The van der Waals surface area contributed by atoms with Gasteiger partial charge in [0.2, 0.25) is 0 Å². The average molecular weight is 390 g/mol. The number of rotatable bonds is 7. The molecule has 0 saturated heterocycles. The van der Waals surface area contributed by atoms with Crippen molar-refractivity contribution in [3.8, 4) is 11.3 Å². The van der Waals surface area contributed by atoms with Crippen LogP contribution in [-0.2, 0) is 17.8 Å². The molecule has 140 valence electrons. The van der Waals surface area contributed by atoms with Crippen LogP contribution in [-0.4, -0.2) is 37.6 Å². The van der Waals surface area contributed by atoms with E-state index < -0.39 is 0 Å². The van der Waals surface area contributed by atoms with Gasteiger partial charge in [0.05, 0.1) is 5.69 Å². The van der Waals surface area contributed by atoms with E-state index in [1.54, 1.807) is 4.90 Å². The topological polar surface area (TPSA) is 76.8 Å². The molecule has 0 fully saturated rings. The zero-order chi connectivity index (χ0) is 19.2. The summed E-state index contributed by atoms with van der Waals surface area (Å²) in [6, 6.07) is 20.0. The molecule has 0 spiro atoms. The molecule has 0 saturated carbocycles. The Hall–Kier alpha value is -3.39. The summed E-state index contributed by atoms with van der Waals surface area (Å²) in [7, 11) is 0. The minimum atomic E-state index is -0.0998. The minimum Gasteiger partial charge on any atom is -0.286 e. The van der Waals surface area contributed by atoms with Gasteiger partial charge >= 0.3 is 0 Å². The number of tetrazole rings is 1. The molecule has 28 heavy (non-hydrogen) atoms. The van der Waals surface area contributed by atoms with E-state index in [1.807, 2.05) is 53.9 Å². The van der Waals surface area contributed by atoms with Crippen LogP contribution in [0.4, 0.5) is 5.13 Å². The molecule has 0 N–H and O–H groups in total. The minimum absolute atomic E-state index is 0.0715. The summed E-state index contributed by atoms with van der Waals surface area (Å²) in [5, 5.41) is 13.6. The van der Waals surface area contributed by atoms with E-state index in [9.17, 15) is 4.79 Å². The van der Waals surface area contributed by atoms with E-state index in [0.717, 1.165) is 17.7 Å². The number of anilines is 1. The molecule has 0 aliphatic rings. The lowest BCUT2D eigenvalue weighted by molar-refractivity contribution is -0.119. The lowest BCUT2D eigenvalue weighted by Gasteiger charge is -2.19. The van der Waals surface area contributed by atoms with E-state index in [0.29, 0.717) is 11.7 Å². The maximum atomic E-state index is 13.0. The monoisotopic (exact) mass is 390 g/mol. The molecule has 1 amide bonds. The van der Waals surface area contributed by atoms with Crippen molar-refractivity contribution < 1.29 is 4.79 Å². The Morgan fingerprint density at radius 1 is 1.04 bits per heavy atom. The highest BCUT2D eigenvalue weighted by molar-refractivity contribution is 7.14. The van der Waals surface area contributed by atoms with Gasteiger partial charge in [-0.2, -0.15) is 0 Å². The van der Waals surface area contributed by atoms with E-state index in [1.165, 1.54) is 27.9 Å². The molecule has 7 nitrogen and oxygen atoms in total. The third kappa shape index (κ3) is 4.29. The van der Waals surface area contributed by atoms with Crippen molar-refractivity contribution in [3.63, 3.8) is 0 Å². The summed E-state index contributed by atoms with van der Waals surface area (Å²) in [5.74, 6) is -0.0998. The number of thiazole rings is 1. The van der Waals surface area contributed by atoms with Crippen molar-refractivity contribution in [2.24, 2.45) is 0 Å². The van der Waals surface area contributed by atoms with Crippen LogP contribution in [0.2, 0.25) is 0 Å². The Kier molecular flexibility index (Phi) is 5.48. The SMILES string of the molecule is O=C(Cn1cnnn1)N(CCc1ccccc1)c1nc(-c2ccccc2)cs1. The standard InChI is InChI=1S/C20H18N6OS/c27-19(13-25-15-21-23-24-25)26(12-11-16-7-3-1-4-8-16)20-22-18(14-28-20)17-9-5-2-6-10-17/h1-10,14-15H,11-13H2. The fraction of sp³-hybridized carbons (Fsp3) is 0.150. The summed E-state index contributed by atoms with van der Waals surface area (Å²) >= 11 is 1.46. The first-order valence-corrected chi connectivity index (χ1v) is 9.73. The molecule has 4 aromatic rings. The molecular weight excluding hydrogens is 372 g/mol. The second-order valence-corrected chi connectivity index (χ2v) is 7.01. The Balaban J connectivity index is 1.57. The maximum absolute atomic E-state index is 13.0. The Bertz CT molecular complexity index is 1020. The van der Waals surface area contributed by atoms with Gasteiger partial charge in [-0.05, 0) is 22.4 Å². The summed E-state index contributed by atoms with van der Waals surface area (Å²) < 4.78 is 1.42. The molecule has 8 heteroatoms. The first-order valence-electron chi connectivity index (χ1n) is 8.85. The Labute approximate surface area is 166 Å². The van der Waals surface area contributed by atoms with Crippen LogP contribution in [0.25, 0.3) is 11.3 Å². The molecule has 4 rings (SSSR count). The van der Waals surface area contributed by atoms with E-state index in [4.69, 9.17) is 4.98 Å². The molecule has 0 radical (unpaired) electrons. The second kappa shape index (κ2) is 8.53. The molecule has 0 unspecified atom stereocenters. The summed E-state index contributed by atoms with van der Waals surface area (Å²) in [5.41, 5.74) is 3.06. The summed E-state index contributed by atoms with van der Waals surface area (Å²) in [6.07, 6.45) is 2.17. The fourth-order valence-corrected chi connectivity index (χ4v) is 3.70. The Morgan fingerprint density at radius 2 is 1.79 bits per heavy atom. The molecule has 2 aromatic carbocycles. The van der Waals surface area contributed by atoms with Crippen LogP contribution in [0.15, 0.2) is 72.4 Å². The number of benzene rings is 2. The van der Waals surface area contributed by atoms with Gasteiger partial charge < -0.3 is 0 Å². The zero-order valence-electron chi connectivity index (χ0n) is 15.0. The number of hydrogen-bond acceptors (Lipinski definition) is 6. The van der Waals surface area contributed by atoms with Crippen LogP contribution in [0, 0.1) is 0 Å². The van der Waals surface area contributed by atoms with Crippen molar-refractivity contribution in [1.29, 1.82) is 0 Å². The first-order chi connectivity index (χ1) is 13.8. The van der Waals surface area contributed by atoms with Gasteiger partial charge in [0, 0.05) is 17.5 Å². The number of carbonyl (C=O) groups excluding carboxylic acids is 1. The summed E-state index contributed by atoms with van der Waals surface area (Å²) in [6.45, 7) is 0.606. The highest BCUT2D eigenvalue weighted by Gasteiger charge is 2.20. The molecule has 0 aliphatic heterocycles. The van der Waals surface area contributed by atoms with Crippen LogP contribution < -0.4 is 4.90 Å². The molecule has 0 atom stereocenters. The highest BCUT2D eigenvalue weighted by Crippen LogP contribution is 2.27. The predicted molar refractivity (Wildman–Crippen MR) is 108 cm³/mol. The number of nitrogens with zero attached hydrogens (tertiary/aromatic N) is 6.